The minimum absolute atomic E-state index is 0.143. The van der Waals surface area contributed by atoms with Gasteiger partial charge in [-0.3, -0.25) is 0 Å². The highest BCUT2D eigenvalue weighted by molar-refractivity contribution is 7.80. The average molecular weight is 421 g/mol. The Kier molecular flexibility index (Phi) is 6.48. The van der Waals surface area contributed by atoms with Crippen LogP contribution in [0.4, 0.5) is 0 Å². The Morgan fingerprint density at radius 3 is 2.27 bits per heavy atom. The number of aliphatic imine (C=N–C) groups is 1. The van der Waals surface area contributed by atoms with Crippen molar-refractivity contribution in [2.75, 3.05) is 13.2 Å². The van der Waals surface area contributed by atoms with Crippen molar-refractivity contribution in [3.63, 3.8) is 0 Å². The molecule has 0 aromatic heterocycles. The highest BCUT2D eigenvalue weighted by atomic mass is 32.1. The molecule has 2 atom stereocenters. The van der Waals surface area contributed by atoms with Crippen LogP contribution in [0.5, 0.6) is 11.5 Å². The van der Waals surface area contributed by atoms with Crippen molar-refractivity contribution in [3.05, 3.63) is 65.2 Å². The summed E-state index contributed by atoms with van der Waals surface area (Å²) in [5, 5.41) is 4.02. The van der Waals surface area contributed by atoms with Crippen LogP contribution in [0.25, 0.3) is 6.08 Å². The fraction of sp³-hybridized carbons (Fsp3) is 0.360. The number of ether oxygens (including phenoxy) is 2. The number of benzene rings is 2. The van der Waals surface area contributed by atoms with Gasteiger partial charge in [0, 0.05) is 5.92 Å². The zero-order valence-electron chi connectivity index (χ0n) is 17.6. The maximum atomic E-state index is 5.60. The lowest BCUT2D eigenvalue weighted by atomic mass is 9.76. The molecule has 2 aromatic rings. The van der Waals surface area contributed by atoms with Crippen LogP contribution >= 0.6 is 12.2 Å². The summed E-state index contributed by atoms with van der Waals surface area (Å²) in [6, 6.07) is 16.7. The van der Waals surface area contributed by atoms with Gasteiger partial charge in [0.05, 0.1) is 25.0 Å². The van der Waals surface area contributed by atoms with E-state index in [1.54, 1.807) is 0 Å². The van der Waals surface area contributed by atoms with E-state index in [1.165, 1.54) is 16.7 Å². The topological polar surface area (TPSA) is 42.8 Å². The SMILES string of the molecule is CCOc1ccc(/C=C2\CCC[C@@H]3C2=NC(=S)N[C@@H]3c2ccc(OCC)cc2)cc1. The van der Waals surface area contributed by atoms with Gasteiger partial charge in [-0.05, 0) is 92.4 Å². The summed E-state index contributed by atoms with van der Waals surface area (Å²) < 4.78 is 11.2. The molecule has 0 unspecified atom stereocenters. The van der Waals surface area contributed by atoms with Crippen LogP contribution in [0.15, 0.2) is 59.1 Å². The van der Waals surface area contributed by atoms with Crippen molar-refractivity contribution in [3.8, 4) is 11.5 Å². The van der Waals surface area contributed by atoms with Crippen molar-refractivity contribution in [1.82, 2.24) is 5.32 Å². The van der Waals surface area contributed by atoms with E-state index in [-0.39, 0.29) is 6.04 Å². The zero-order valence-corrected chi connectivity index (χ0v) is 18.4. The first-order valence-corrected chi connectivity index (χ1v) is 11.1. The van der Waals surface area contributed by atoms with Gasteiger partial charge in [0.1, 0.15) is 11.5 Å². The molecule has 2 aromatic carbocycles. The van der Waals surface area contributed by atoms with Gasteiger partial charge in [-0.2, -0.15) is 0 Å². The second kappa shape index (κ2) is 9.43. The van der Waals surface area contributed by atoms with Crippen LogP contribution in [0.3, 0.4) is 0 Å². The number of allylic oxidation sites excluding steroid dienone is 1. The summed E-state index contributed by atoms with van der Waals surface area (Å²) in [5.74, 6) is 2.11. The predicted octanol–water partition coefficient (Wildman–Crippen LogP) is 5.74. The first kappa shape index (κ1) is 20.6. The minimum atomic E-state index is 0.143. The van der Waals surface area contributed by atoms with E-state index in [1.807, 2.05) is 38.1 Å². The molecule has 2 aliphatic rings. The van der Waals surface area contributed by atoms with Gasteiger partial charge >= 0.3 is 0 Å². The molecule has 156 valence electrons. The summed E-state index contributed by atoms with van der Waals surface area (Å²) in [6.45, 7) is 5.34. The summed E-state index contributed by atoms with van der Waals surface area (Å²) in [6.07, 6.45) is 5.53. The van der Waals surface area contributed by atoms with Gasteiger partial charge < -0.3 is 14.8 Å². The number of rotatable bonds is 6. The molecule has 4 nitrogen and oxygen atoms in total. The average Bonchev–Trinajstić information content (AvgIpc) is 2.76. The largest absolute Gasteiger partial charge is 0.494 e. The lowest BCUT2D eigenvalue weighted by Gasteiger charge is -2.37. The van der Waals surface area contributed by atoms with E-state index in [0.717, 1.165) is 36.5 Å². The number of hydrogen-bond acceptors (Lipinski definition) is 3. The number of thiocarbonyl (C=S) groups is 1. The van der Waals surface area contributed by atoms with Gasteiger partial charge in [-0.15, -0.1) is 0 Å². The zero-order chi connectivity index (χ0) is 20.9. The molecule has 1 N–H and O–H groups in total. The Hall–Kier alpha value is -2.66. The summed E-state index contributed by atoms with van der Waals surface area (Å²) >= 11 is 5.52. The van der Waals surface area contributed by atoms with E-state index in [4.69, 9.17) is 26.7 Å². The first-order valence-electron chi connectivity index (χ1n) is 10.7. The molecular formula is C25H28N2O2S. The van der Waals surface area contributed by atoms with Crippen molar-refractivity contribution in [2.45, 2.75) is 39.2 Å². The number of nitrogens with zero attached hydrogens (tertiary/aromatic N) is 1. The first-order chi connectivity index (χ1) is 14.7. The molecule has 30 heavy (non-hydrogen) atoms. The molecule has 5 heteroatoms. The predicted molar refractivity (Wildman–Crippen MR) is 126 cm³/mol. The highest BCUT2D eigenvalue weighted by Gasteiger charge is 2.36. The molecule has 1 aliphatic heterocycles. The molecule has 1 fully saturated rings. The lowest BCUT2D eigenvalue weighted by Crippen LogP contribution is -2.42. The fourth-order valence-corrected chi connectivity index (χ4v) is 4.52. The molecule has 1 heterocycles. The van der Waals surface area contributed by atoms with Crippen LogP contribution in [-0.4, -0.2) is 24.0 Å². The Morgan fingerprint density at radius 2 is 1.63 bits per heavy atom. The van der Waals surface area contributed by atoms with Gasteiger partial charge in [0.2, 0.25) is 0 Å². The van der Waals surface area contributed by atoms with Crippen LogP contribution < -0.4 is 14.8 Å². The molecule has 1 aliphatic carbocycles. The lowest BCUT2D eigenvalue weighted by molar-refractivity contribution is 0.340. The maximum Gasteiger partial charge on any atom is 0.193 e. The Labute approximate surface area is 184 Å². The third kappa shape index (κ3) is 4.57. The molecular weight excluding hydrogens is 392 g/mol. The fourth-order valence-electron chi connectivity index (χ4n) is 4.30. The van der Waals surface area contributed by atoms with Crippen molar-refractivity contribution < 1.29 is 9.47 Å². The molecule has 0 spiro atoms. The monoisotopic (exact) mass is 420 g/mol. The molecule has 4 rings (SSSR count). The van der Waals surface area contributed by atoms with E-state index in [0.29, 0.717) is 24.2 Å². The van der Waals surface area contributed by atoms with Crippen LogP contribution in [0, 0.1) is 5.92 Å². The number of fused-ring (bicyclic) bond motifs is 1. The molecule has 0 amide bonds. The number of hydrogen-bond donors (Lipinski definition) is 1. The Balaban J connectivity index is 1.60. The van der Waals surface area contributed by atoms with E-state index < -0.39 is 0 Å². The molecule has 0 saturated heterocycles. The Morgan fingerprint density at radius 1 is 1.00 bits per heavy atom. The van der Waals surface area contributed by atoms with Crippen molar-refractivity contribution >= 4 is 29.1 Å². The summed E-state index contributed by atoms with van der Waals surface area (Å²) in [4.78, 5) is 4.77. The van der Waals surface area contributed by atoms with Crippen molar-refractivity contribution in [2.24, 2.45) is 10.9 Å². The minimum Gasteiger partial charge on any atom is -0.494 e. The third-order valence-electron chi connectivity index (χ3n) is 5.63. The van der Waals surface area contributed by atoms with Crippen LogP contribution in [0.1, 0.15) is 50.3 Å². The second-order valence-electron chi connectivity index (χ2n) is 7.60. The van der Waals surface area contributed by atoms with Crippen LogP contribution in [-0.2, 0) is 0 Å². The van der Waals surface area contributed by atoms with Gasteiger partial charge in [-0.1, -0.05) is 24.3 Å². The van der Waals surface area contributed by atoms with Gasteiger partial charge in [0.25, 0.3) is 0 Å². The van der Waals surface area contributed by atoms with E-state index >= 15 is 0 Å². The molecule has 0 bridgehead atoms. The normalized spacial score (nSPS) is 22.1. The van der Waals surface area contributed by atoms with Gasteiger partial charge in [0.15, 0.2) is 5.11 Å². The number of nitrogens with one attached hydrogen (secondary N) is 1. The van der Waals surface area contributed by atoms with Gasteiger partial charge in [-0.25, -0.2) is 4.99 Å². The Bertz CT molecular complexity index is 948. The van der Waals surface area contributed by atoms with Crippen LogP contribution in [0.2, 0.25) is 0 Å². The third-order valence-corrected chi connectivity index (χ3v) is 5.84. The maximum absolute atomic E-state index is 5.60. The quantitative estimate of drug-likeness (QED) is 0.605. The van der Waals surface area contributed by atoms with E-state index in [2.05, 4.69) is 35.7 Å². The molecule has 1 saturated carbocycles. The second-order valence-corrected chi connectivity index (χ2v) is 7.98. The van der Waals surface area contributed by atoms with E-state index in [9.17, 15) is 0 Å². The summed E-state index contributed by atoms with van der Waals surface area (Å²) in [5.41, 5.74) is 4.81. The summed E-state index contributed by atoms with van der Waals surface area (Å²) in [7, 11) is 0. The standard InChI is InChI=1S/C25H28N2O2S/c1-3-28-20-12-8-17(9-13-20)16-19-6-5-7-22-23(26-25(30)27-24(19)22)18-10-14-21(15-11-18)29-4-2/h8-16,22-23H,3-7H2,1-2H3,(H,26,30)/b19-16+/t22-,23+/m0/s1. The molecule has 0 radical (unpaired) electrons. The smallest absolute Gasteiger partial charge is 0.193 e. The van der Waals surface area contributed by atoms with Crippen molar-refractivity contribution in [1.29, 1.82) is 0 Å². The highest BCUT2D eigenvalue weighted by Crippen LogP contribution is 2.38.